The van der Waals surface area contributed by atoms with Crippen LogP contribution >= 0.6 is 11.3 Å². The molecule has 2 aromatic carbocycles. The van der Waals surface area contributed by atoms with Crippen LogP contribution in [0.1, 0.15) is 62.3 Å². The van der Waals surface area contributed by atoms with Gasteiger partial charge in [-0.15, -0.1) is 0 Å². The standard InChI is InChI=1S/C31H39F3N4O2S/c1-21-18-23(6-7-24(21)20-35-5)13-15-37(28-36-26-9-8-25(31(32,33)34)19-27(26)41-28)14-10-22-11-16-38(17-12-22)29(39)40-30(2,3)4/h6-9,18-20,22H,10-17H2,1-5H3. The van der Waals surface area contributed by atoms with E-state index in [0.717, 1.165) is 54.6 Å². The van der Waals surface area contributed by atoms with Gasteiger partial charge in [-0.2, -0.15) is 13.2 Å². The van der Waals surface area contributed by atoms with Gasteiger partial charge in [-0.25, -0.2) is 9.78 Å². The van der Waals surface area contributed by atoms with Gasteiger partial charge in [0.1, 0.15) is 5.60 Å². The van der Waals surface area contributed by atoms with Crippen molar-refractivity contribution in [2.24, 2.45) is 10.9 Å². The number of hydrogen-bond acceptors (Lipinski definition) is 6. The second kappa shape index (κ2) is 12.8. The Morgan fingerprint density at radius 2 is 1.88 bits per heavy atom. The maximum atomic E-state index is 13.3. The molecule has 6 nitrogen and oxygen atoms in total. The van der Waals surface area contributed by atoms with Crippen molar-refractivity contribution in [2.45, 2.75) is 65.2 Å². The SMILES string of the molecule is CN=Cc1ccc(CCN(CCC2CCN(C(=O)OC(C)(C)C)CC2)c2nc3ccc(C(F)(F)F)cc3s2)cc1C. The molecular weight excluding hydrogens is 549 g/mol. The number of halogens is 3. The van der Waals surface area contributed by atoms with E-state index in [-0.39, 0.29) is 6.09 Å². The number of piperidine rings is 1. The normalized spacial score (nSPS) is 15.2. The van der Waals surface area contributed by atoms with Gasteiger partial charge in [-0.05, 0) is 94.2 Å². The lowest BCUT2D eigenvalue weighted by Gasteiger charge is -2.34. The second-order valence-electron chi connectivity index (χ2n) is 11.7. The Morgan fingerprint density at radius 3 is 2.51 bits per heavy atom. The lowest BCUT2D eigenvalue weighted by atomic mass is 9.93. The molecular formula is C31H39F3N4O2S. The number of likely N-dealkylation sites (tertiary alicyclic amines) is 1. The Bertz CT molecular complexity index is 1370. The number of fused-ring (bicyclic) bond motifs is 1. The molecule has 1 fully saturated rings. The molecule has 1 aliphatic heterocycles. The van der Waals surface area contributed by atoms with E-state index in [2.05, 4.69) is 35.0 Å². The fraction of sp³-hybridized carbons (Fsp3) is 0.516. The van der Waals surface area contributed by atoms with Gasteiger partial charge in [0, 0.05) is 39.4 Å². The zero-order chi connectivity index (χ0) is 29.8. The number of rotatable bonds is 8. The van der Waals surface area contributed by atoms with Gasteiger partial charge in [-0.1, -0.05) is 29.5 Å². The third-order valence-electron chi connectivity index (χ3n) is 7.32. The number of ether oxygens (including phenoxy) is 1. The minimum absolute atomic E-state index is 0.267. The number of benzene rings is 2. The first-order valence-corrected chi connectivity index (χ1v) is 14.9. The van der Waals surface area contributed by atoms with Crippen molar-refractivity contribution >= 4 is 39.0 Å². The number of alkyl halides is 3. The van der Waals surface area contributed by atoms with E-state index in [1.807, 2.05) is 27.0 Å². The van der Waals surface area contributed by atoms with Crippen LogP contribution in [-0.2, 0) is 17.3 Å². The van der Waals surface area contributed by atoms with Gasteiger partial charge < -0.3 is 14.5 Å². The van der Waals surface area contributed by atoms with Crippen LogP contribution in [0, 0.1) is 12.8 Å². The smallest absolute Gasteiger partial charge is 0.416 e. The van der Waals surface area contributed by atoms with E-state index < -0.39 is 17.3 Å². The summed E-state index contributed by atoms with van der Waals surface area (Å²) < 4.78 is 46.0. The number of aliphatic imine (C=N–C) groups is 1. The van der Waals surface area contributed by atoms with E-state index in [0.29, 0.717) is 35.8 Å². The highest BCUT2D eigenvalue weighted by Crippen LogP contribution is 2.36. The highest BCUT2D eigenvalue weighted by Gasteiger charge is 2.31. The summed E-state index contributed by atoms with van der Waals surface area (Å²) in [6.07, 6.45) is 0.663. The van der Waals surface area contributed by atoms with E-state index in [4.69, 9.17) is 9.72 Å². The molecule has 1 aromatic heterocycles. The zero-order valence-electron chi connectivity index (χ0n) is 24.4. The van der Waals surface area contributed by atoms with Crippen molar-refractivity contribution in [3.8, 4) is 0 Å². The van der Waals surface area contributed by atoms with Gasteiger partial charge in [0.05, 0.1) is 15.8 Å². The van der Waals surface area contributed by atoms with Crippen LogP contribution in [0.3, 0.4) is 0 Å². The van der Waals surface area contributed by atoms with Gasteiger partial charge >= 0.3 is 12.3 Å². The monoisotopic (exact) mass is 588 g/mol. The average molecular weight is 589 g/mol. The van der Waals surface area contributed by atoms with Gasteiger partial charge in [0.15, 0.2) is 5.13 Å². The van der Waals surface area contributed by atoms with Crippen molar-refractivity contribution in [1.29, 1.82) is 0 Å². The minimum atomic E-state index is -4.39. The quantitative estimate of drug-likeness (QED) is 0.253. The largest absolute Gasteiger partial charge is 0.444 e. The number of carbonyl (C=O) groups excluding carboxylic acids is 1. The highest BCUT2D eigenvalue weighted by molar-refractivity contribution is 7.22. The topological polar surface area (TPSA) is 58.0 Å². The molecule has 41 heavy (non-hydrogen) atoms. The second-order valence-corrected chi connectivity index (χ2v) is 12.7. The van der Waals surface area contributed by atoms with Crippen molar-refractivity contribution in [2.75, 3.05) is 38.1 Å². The van der Waals surface area contributed by atoms with E-state index in [9.17, 15) is 18.0 Å². The number of aromatic nitrogens is 1. The van der Waals surface area contributed by atoms with Crippen LogP contribution in [-0.4, -0.2) is 61.0 Å². The summed E-state index contributed by atoms with van der Waals surface area (Å²) in [7, 11) is 1.75. The predicted octanol–water partition coefficient (Wildman–Crippen LogP) is 7.76. The van der Waals surface area contributed by atoms with Crippen LogP contribution in [0.25, 0.3) is 10.2 Å². The Balaban J connectivity index is 1.46. The average Bonchev–Trinajstić information content (AvgIpc) is 3.32. The minimum Gasteiger partial charge on any atom is -0.444 e. The molecule has 2 heterocycles. The fourth-order valence-corrected chi connectivity index (χ4v) is 6.09. The van der Waals surface area contributed by atoms with Crippen molar-refractivity contribution in [1.82, 2.24) is 9.88 Å². The maximum absolute atomic E-state index is 13.3. The van der Waals surface area contributed by atoms with Crippen LogP contribution in [0.15, 0.2) is 41.4 Å². The molecule has 0 unspecified atom stereocenters. The van der Waals surface area contributed by atoms with Gasteiger partial charge in [0.2, 0.25) is 0 Å². The number of amides is 1. The van der Waals surface area contributed by atoms with Crippen molar-refractivity contribution in [3.05, 3.63) is 58.7 Å². The molecule has 222 valence electrons. The summed E-state index contributed by atoms with van der Waals surface area (Å²) in [6.45, 7) is 10.4. The molecule has 0 N–H and O–H groups in total. The number of aryl methyl sites for hydroxylation is 1. The van der Waals surface area contributed by atoms with Crippen LogP contribution in [0.4, 0.5) is 23.1 Å². The lowest BCUT2D eigenvalue weighted by molar-refractivity contribution is -0.137. The van der Waals surface area contributed by atoms with E-state index in [1.54, 1.807) is 11.9 Å². The molecule has 0 saturated carbocycles. The first-order valence-electron chi connectivity index (χ1n) is 14.0. The van der Waals surface area contributed by atoms with Crippen molar-refractivity contribution in [3.63, 3.8) is 0 Å². The maximum Gasteiger partial charge on any atom is 0.416 e. The predicted molar refractivity (Wildman–Crippen MR) is 160 cm³/mol. The van der Waals surface area contributed by atoms with E-state index >= 15 is 0 Å². The summed E-state index contributed by atoms with van der Waals surface area (Å²) in [4.78, 5) is 25.3. The van der Waals surface area contributed by atoms with Crippen LogP contribution in [0.2, 0.25) is 0 Å². The Kier molecular flexibility index (Phi) is 9.62. The molecule has 1 aliphatic rings. The highest BCUT2D eigenvalue weighted by atomic mass is 32.1. The molecule has 4 rings (SSSR count). The van der Waals surface area contributed by atoms with Gasteiger partial charge in [0.25, 0.3) is 0 Å². The molecule has 0 bridgehead atoms. The van der Waals surface area contributed by atoms with Crippen LogP contribution in [0.5, 0.6) is 0 Å². The first-order chi connectivity index (χ1) is 19.3. The summed E-state index contributed by atoms with van der Waals surface area (Å²) in [5.74, 6) is 0.442. The molecule has 3 aromatic rings. The third-order valence-corrected chi connectivity index (χ3v) is 8.40. The molecule has 10 heteroatoms. The molecule has 1 amide bonds. The summed E-state index contributed by atoms with van der Waals surface area (Å²) in [5, 5.41) is 0.733. The number of anilines is 1. The molecule has 1 saturated heterocycles. The molecule has 0 radical (unpaired) electrons. The number of carbonyl (C=O) groups is 1. The van der Waals surface area contributed by atoms with Crippen LogP contribution < -0.4 is 4.90 Å². The number of thiazole rings is 1. The van der Waals surface area contributed by atoms with E-state index in [1.165, 1.54) is 29.0 Å². The Labute approximate surface area is 244 Å². The summed E-state index contributed by atoms with van der Waals surface area (Å²) in [5.41, 5.74) is 2.82. The zero-order valence-corrected chi connectivity index (χ0v) is 25.2. The Morgan fingerprint density at radius 1 is 1.15 bits per heavy atom. The fourth-order valence-electron chi connectivity index (χ4n) is 5.04. The van der Waals surface area contributed by atoms with Gasteiger partial charge in [-0.3, -0.25) is 4.99 Å². The summed E-state index contributed by atoms with van der Waals surface area (Å²) >= 11 is 1.31. The first kappa shape index (κ1) is 30.8. The number of hydrogen-bond donors (Lipinski definition) is 0. The molecule has 0 atom stereocenters. The Hall–Kier alpha value is -3.14. The molecule has 0 aliphatic carbocycles. The third kappa shape index (κ3) is 8.44. The lowest BCUT2D eigenvalue weighted by Crippen LogP contribution is -2.42. The van der Waals surface area contributed by atoms with Crippen molar-refractivity contribution < 1.29 is 22.7 Å². The number of nitrogens with zero attached hydrogens (tertiary/aromatic N) is 4. The summed E-state index contributed by atoms with van der Waals surface area (Å²) in [6, 6.07) is 10.1. The molecule has 0 spiro atoms.